The number of nitrogens with zero attached hydrogens (tertiary/aromatic N) is 2. The number of ether oxygens (including phenoxy) is 1. The van der Waals surface area contributed by atoms with Gasteiger partial charge in [0.2, 0.25) is 0 Å². The summed E-state index contributed by atoms with van der Waals surface area (Å²) in [6.45, 7) is 1.62. The first-order valence-electron chi connectivity index (χ1n) is 7.91. The Morgan fingerprint density at radius 2 is 2.00 bits per heavy atom. The molecule has 0 bridgehead atoms. The Labute approximate surface area is 145 Å². The number of H-pyrrole nitrogens is 1. The lowest BCUT2D eigenvalue weighted by Crippen LogP contribution is -2.16. The van der Waals surface area contributed by atoms with E-state index in [-0.39, 0.29) is 5.56 Å². The van der Waals surface area contributed by atoms with Crippen molar-refractivity contribution in [1.82, 2.24) is 20.3 Å². The van der Waals surface area contributed by atoms with Gasteiger partial charge in [0.1, 0.15) is 17.1 Å². The Kier molecular flexibility index (Phi) is 5.38. The van der Waals surface area contributed by atoms with Crippen LogP contribution in [-0.4, -0.2) is 27.4 Å². The molecule has 0 aliphatic rings. The fourth-order valence-corrected chi connectivity index (χ4v) is 2.34. The van der Waals surface area contributed by atoms with Crippen LogP contribution >= 0.6 is 0 Å². The number of primary amides is 1. The molecular formula is C18H19N5O2. The zero-order valence-corrected chi connectivity index (χ0v) is 13.6. The lowest BCUT2D eigenvalue weighted by molar-refractivity contribution is 0.0997. The molecule has 7 nitrogen and oxygen atoms in total. The second-order valence-electron chi connectivity index (χ2n) is 5.49. The molecule has 4 N–H and O–H groups in total. The van der Waals surface area contributed by atoms with Crippen molar-refractivity contribution in [3.8, 4) is 11.5 Å². The molecule has 0 fully saturated rings. The molecule has 2 heterocycles. The van der Waals surface area contributed by atoms with Crippen LogP contribution in [0.25, 0.3) is 0 Å². The van der Waals surface area contributed by atoms with Gasteiger partial charge in [-0.3, -0.25) is 9.78 Å². The number of nitrogens with two attached hydrogens (primary N) is 1. The predicted octanol–water partition coefficient (Wildman–Crippen LogP) is 2.03. The molecule has 7 heteroatoms. The summed E-state index contributed by atoms with van der Waals surface area (Å²) in [5.74, 6) is 0.462. The number of carbonyl (C=O) groups is 1. The van der Waals surface area contributed by atoms with Gasteiger partial charge >= 0.3 is 0 Å². The minimum atomic E-state index is -0.568. The monoisotopic (exact) mass is 337 g/mol. The van der Waals surface area contributed by atoms with Crippen LogP contribution in [0.1, 0.15) is 21.6 Å². The smallest absolute Gasteiger partial charge is 0.254 e. The first-order chi connectivity index (χ1) is 12.2. The Bertz CT molecular complexity index is 816. The molecule has 0 radical (unpaired) electrons. The lowest BCUT2D eigenvalue weighted by Gasteiger charge is -2.09. The number of hydrogen-bond acceptors (Lipinski definition) is 5. The molecule has 3 aromatic rings. The number of nitrogens with one attached hydrogen (secondary N) is 2. The van der Waals surface area contributed by atoms with Gasteiger partial charge in [-0.1, -0.05) is 12.1 Å². The SMILES string of the molecule is NC(=O)c1cnccc1Oc1ccc(CNCCc2cnc[nH]2)cc1. The van der Waals surface area contributed by atoms with Gasteiger partial charge < -0.3 is 20.8 Å². The van der Waals surface area contributed by atoms with Crippen molar-refractivity contribution < 1.29 is 9.53 Å². The van der Waals surface area contributed by atoms with E-state index in [1.807, 2.05) is 30.5 Å². The summed E-state index contributed by atoms with van der Waals surface area (Å²) in [5, 5.41) is 3.38. The van der Waals surface area contributed by atoms with Crippen LogP contribution in [0.2, 0.25) is 0 Å². The Morgan fingerprint density at radius 1 is 1.16 bits per heavy atom. The van der Waals surface area contributed by atoms with Crippen LogP contribution in [0.4, 0.5) is 0 Å². The number of benzene rings is 1. The highest BCUT2D eigenvalue weighted by molar-refractivity contribution is 5.95. The molecule has 25 heavy (non-hydrogen) atoms. The fourth-order valence-electron chi connectivity index (χ4n) is 2.34. The number of imidazole rings is 1. The molecule has 0 spiro atoms. The summed E-state index contributed by atoms with van der Waals surface area (Å²) >= 11 is 0. The Balaban J connectivity index is 1.53. The summed E-state index contributed by atoms with van der Waals surface area (Å²) in [6, 6.07) is 9.28. The van der Waals surface area contributed by atoms with Crippen LogP contribution in [0.15, 0.2) is 55.2 Å². The normalized spacial score (nSPS) is 10.6. The second kappa shape index (κ2) is 8.07. The number of hydrogen-bond donors (Lipinski definition) is 3. The molecule has 0 atom stereocenters. The molecule has 0 unspecified atom stereocenters. The van der Waals surface area contributed by atoms with Gasteiger partial charge in [-0.2, -0.15) is 0 Å². The van der Waals surface area contributed by atoms with E-state index < -0.39 is 5.91 Å². The molecule has 0 saturated heterocycles. The highest BCUT2D eigenvalue weighted by atomic mass is 16.5. The number of aromatic nitrogens is 3. The van der Waals surface area contributed by atoms with E-state index in [0.29, 0.717) is 11.5 Å². The van der Waals surface area contributed by atoms with Crippen LogP contribution in [-0.2, 0) is 13.0 Å². The van der Waals surface area contributed by atoms with Gasteiger partial charge in [0, 0.05) is 43.8 Å². The van der Waals surface area contributed by atoms with Crippen molar-refractivity contribution in [2.24, 2.45) is 5.73 Å². The Morgan fingerprint density at radius 3 is 2.72 bits per heavy atom. The van der Waals surface area contributed by atoms with Crippen molar-refractivity contribution in [3.05, 3.63) is 72.1 Å². The van der Waals surface area contributed by atoms with Crippen molar-refractivity contribution in [1.29, 1.82) is 0 Å². The van der Waals surface area contributed by atoms with E-state index in [1.54, 1.807) is 18.6 Å². The number of aromatic amines is 1. The Hall–Kier alpha value is -3.19. The maximum atomic E-state index is 11.4. The van der Waals surface area contributed by atoms with Crippen LogP contribution in [0.5, 0.6) is 11.5 Å². The van der Waals surface area contributed by atoms with Crippen molar-refractivity contribution >= 4 is 5.91 Å². The van der Waals surface area contributed by atoms with Gasteiger partial charge in [-0.05, 0) is 23.8 Å². The van der Waals surface area contributed by atoms with Crippen LogP contribution < -0.4 is 15.8 Å². The van der Waals surface area contributed by atoms with Crippen LogP contribution in [0, 0.1) is 0 Å². The molecule has 0 aliphatic carbocycles. The van der Waals surface area contributed by atoms with Crippen molar-refractivity contribution in [3.63, 3.8) is 0 Å². The minimum Gasteiger partial charge on any atom is -0.456 e. The van der Waals surface area contributed by atoms with Gasteiger partial charge in [0.15, 0.2) is 0 Å². The quantitative estimate of drug-likeness (QED) is 0.545. The molecular weight excluding hydrogens is 318 g/mol. The standard InChI is InChI=1S/C18H19N5O2/c19-18(24)16-11-21-8-6-17(16)25-15-3-1-13(2-4-15)9-20-7-5-14-10-22-12-23-14/h1-4,6,8,10-12,20H,5,7,9H2,(H2,19,24)(H,22,23). The van der Waals surface area contributed by atoms with Crippen molar-refractivity contribution in [2.75, 3.05) is 6.54 Å². The van der Waals surface area contributed by atoms with E-state index >= 15 is 0 Å². The van der Waals surface area contributed by atoms with E-state index in [4.69, 9.17) is 10.5 Å². The third-order valence-corrected chi connectivity index (χ3v) is 3.65. The average molecular weight is 337 g/mol. The van der Waals surface area contributed by atoms with Crippen LogP contribution in [0.3, 0.4) is 0 Å². The maximum absolute atomic E-state index is 11.4. The topological polar surface area (TPSA) is 106 Å². The third-order valence-electron chi connectivity index (χ3n) is 3.65. The third kappa shape index (κ3) is 4.65. The molecule has 128 valence electrons. The average Bonchev–Trinajstić information content (AvgIpc) is 3.14. The molecule has 0 saturated carbocycles. The van der Waals surface area contributed by atoms with Gasteiger partial charge in [0.05, 0.1) is 6.33 Å². The molecule has 3 rings (SSSR count). The summed E-state index contributed by atoms with van der Waals surface area (Å²) in [5.41, 5.74) is 7.83. The number of amides is 1. The summed E-state index contributed by atoms with van der Waals surface area (Å²) in [6.07, 6.45) is 7.36. The van der Waals surface area contributed by atoms with Gasteiger partial charge in [-0.25, -0.2) is 4.98 Å². The summed E-state index contributed by atoms with van der Waals surface area (Å²) < 4.78 is 5.73. The highest BCUT2D eigenvalue weighted by Crippen LogP contribution is 2.24. The zero-order valence-electron chi connectivity index (χ0n) is 13.6. The number of pyridine rings is 1. The first kappa shape index (κ1) is 16.7. The van der Waals surface area contributed by atoms with E-state index in [0.717, 1.165) is 30.8 Å². The minimum absolute atomic E-state index is 0.257. The summed E-state index contributed by atoms with van der Waals surface area (Å²) in [7, 11) is 0. The van der Waals surface area contributed by atoms with Crippen molar-refractivity contribution in [2.45, 2.75) is 13.0 Å². The summed E-state index contributed by atoms with van der Waals surface area (Å²) in [4.78, 5) is 22.3. The molecule has 0 aliphatic heterocycles. The van der Waals surface area contributed by atoms with E-state index in [1.165, 1.54) is 6.20 Å². The van der Waals surface area contributed by atoms with Gasteiger partial charge in [0.25, 0.3) is 5.91 Å². The van der Waals surface area contributed by atoms with E-state index in [2.05, 4.69) is 20.3 Å². The molecule has 2 aromatic heterocycles. The fraction of sp³-hybridized carbons (Fsp3) is 0.167. The lowest BCUT2D eigenvalue weighted by atomic mass is 10.2. The predicted molar refractivity (Wildman–Crippen MR) is 93.3 cm³/mol. The number of carbonyl (C=O) groups excluding carboxylic acids is 1. The number of rotatable bonds is 8. The largest absolute Gasteiger partial charge is 0.456 e. The molecule has 1 amide bonds. The van der Waals surface area contributed by atoms with E-state index in [9.17, 15) is 4.79 Å². The zero-order chi connectivity index (χ0) is 17.5. The van der Waals surface area contributed by atoms with Gasteiger partial charge in [-0.15, -0.1) is 0 Å². The first-order valence-corrected chi connectivity index (χ1v) is 7.91. The molecule has 1 aromatic carbocycles. The maximum Gasteiger partial charge on any atom is 0.254 e. The highest BCUT2D eigenvalue weighted by Gasteiger charge is 2.10. The second-order valence-corrected chi connectivity index (χ2v) is 5.49.